The summed E-state index contributed by atoms with van der Waals surface area (Å²) in [5, 5.41) is 3.38. The molecule has 0 fully saturated rings. The predicted octanol–water partition coefficient (Wildman–Crippen LogP) is 6.71. The lowest BCUT2D eigenvalue weighted by Crippen LogP contribution is -2.53. The van der Waals surface area contributed by atoms with Crippen molar-refractivity contribution in [2.75, 3.05) is 17.4 Å². The number of carbonyl (C=O) groups excluding carboxylic acids is 2. The maximum atomic E-state index is 14.5. The van der Waals surface area contributed by atoms with E-state index in [1.807, 2.05) is 81.4 Å². The average molecular weight is 646 g/mol. The number of amides is 2. The minimum absolute atomic E-state index is 0.0466. The van der Waals surface area contributed by atoms with E-state index in [0.29, 0.717) is 11.6 Å². The Morgan fingerprint density at radius 3 is 2.07 bits per heavy atom. The van der Waals surface area contributed by atoms with Gasteiger partial charge in [0, 0.05) is 24.5 Å². The lowest BCUT2D eigenvalue weighted by Gasteiger charge is -2.34. The number of nitrogens with zero attached hydrogens (tertiary/aromatic N) is 2. The van der Waals surface area contributed by atoms with E-state index in [1.165, 1.54) is 17.0 Å². The van der Waals surface area contributed by atoms with Gasteiger partial charge in [0.15, 0.2) is 0 Å². The van der Waals surface area contributed by atoms with Crippen LogP contribution < -0.4 is 9.62 Å². The van der Waals surface area contributed by atoms with Crippen LogP contribution in [0.1, 0.15) is 42.0 Å². The minimum Gasteiger partial charge on any atom is -0.354 e. The van der Waals surface area contributed by atoms with Gasteiger partial charge in [-0.15, -0.1) is 0 Å². The lowest BCUT2D eigenvalue weighted by atomic mass is 10.0. The van der Waals surface area contributed by atoms with Gasteiger partial charge in [-0.1, -0.05) is 109 Å². The highest BCUT2D eigenvalue weighted by Crippen LogP contribution is 2.29. The number of carbonyl (C=O) groups is 2. The van der Waals surface area contributed by atoms with E-state index in [4.69, 9.17) is 11.6 Å². The summed E-state index contributed by atoms with van der Waals surface area (Å²) >= 11 is 6.45. The second kappa shape index (κ2) is 15.7. The number of hydrogen-bond acceptors (Lipinski definition) is 4. The van der Waals surface area contributed by atoms with Gasteiger partial charge in [0.25, 0.3) is 10.0 Å². The first-order valence-corrected chi connectivity index (χ1v) is 16.9. The number of halogens is 1. The molecule has 2 amide bonds. The maximum Gasteiger partial charge on any atom is 0.264 e. The first kappa shape index (κ1) is 33.7. The van der Waals surface area contributed by atoms with Crippen LogP contribution in [0.25, 0.3) is 0 Å². The second-order valence-corrected chi connectivity index (χ2v) is 13.4. The molecule has 1 N–H and O–H groups in total. The Morgan fingerprint density at radius 1 is 0.844 bits per heavy atom. The fraction of sp³-hybridized carbons (Fsp3) is 0.278. The Bertz CT molecular complexity index is 1680. The number of aryl methyl sites for hydroxylation is 2. The van der Waals surface area contributed by atoms with Gasteiger partial charge in [0.05, 0.1) is 10.6 Å². The Morgan fingerprint density at radius 2 is 1.47 bits per heavy atom. The van der Waals surface area contributed by atoms with Crippen molar-refractivity contribution in [3.05, 3.63) is 130 Å². The van der Waals surface area contributed by atoms with Gasteiger partial charge in [-0.25, -0.2) is 8.42 Å². The molecule has 0 aliphatic carbocycles. The third-order valence-electron chi connectivity index (χ3n) is 7.63. The summed E-state index contributed by atoms with van der Waals surface area (Å²) in [5.41, 5.74) is 3.63. The van der Waals surface area contributed by atoms with E-state index in [0.717, 1.165) is 39.4 Å². The maximum absolute atomic E-state index is 14.5. The van der Waals surface area contributed by atoms with Crippen LogP contribution in [0.3, 0.4) is 0 Å². The number of anilines is 1. The van der Waals surface area contributed by atoms with Crippen LogP contribution in [0.15, 0.2) is 108 Å². The fourth-order valence-corrected chi connectivity index (χ4v) is 6.52. The van der Waals surface area contributed by atoms with E-state index in [9.17, 15) is 18.0 Å². The monoisotopic (exact) mass is 645 g/mol. The summed E-state index contributed by atoms with van der Waals surface area (Å²) in [4.78, 5) is 29.8. The minimum atomic E-state index is -4.20. The molecule has 0 aliphatic heterocycles. The molecule has 0 heterocycles. The average Bonchev–Trinajstić information content (AvgIpc) is 3.04. The van der Waals surface area contributed by atoms with Crippen LogP contribution in [0.5, 0.6) is 0 Å². The normalized spacial score (nSPS) is 11.9. The van der Waals surface area contributed by atoms with Gasteiger partial charge in [0.1, 0.15) is 12.6 Å². The third kappa shape index (κ3) is 8.96. The largest absolute Gasteiger partial charge is 0.354 e. The summed E-state index contributed by atoms with van der Waals surface area (Å²) in [5.74, 6) is -0.805. The molecule has 1 atom stereocenters. The Balaban J connectivity index is 1.79. The van der Waals surface area contributed by atoms with E-state index < -0.39 is 28.5 Å². The van der Waals surface area contributed by atoms with Crippen LogP contribution in [0, 0.1) is 13.8 Å². The van der Waals surface area contributed by atoms with Gasteiger partial charge in [0.2, 0.25) is 11.8 Å². The number of benzene rings is 4. The topological polar surface area (TPSA) is 86.8 Å². The molecule has 7 nitrogen and oxygen atoms in total. The number of unbranched alkanes of at least 4 members (excludes halogenated alkanes) is 1. The highest BCUT2D eigenvalue weighted by Gasteiger charge is 2.34. The summed E-state index contributed by atoms with van der Waals surface area (Å²) in [6.07, 6.45) is 1.97. The molecule has 4 aromatic carbocycles. The van der Waals surface area contributed by atoms with Crippen LogP contribution in [0.4, 0.5) is 5.69 Å². The van der Waals surface area contributed by atoms with Crippen molar-refractivity contribution in [2.45, 2.75) is 57.5 Å². The van der Waals surface area contributed by atoms with E-state index in [-0.39, 0.29) is 29.5 Å². The molecule has 9 heteroatoms. The zero-order chi connectivity index (χ0) is 32.4. The zero-order valence-corrected chi connectivity index (χ0v) is 27.5. The molecule has 4 aromatic rings. The molecule has 0 saturated heterocycles. The van der Waals surface area contributed by atoms with Crippen molar-refractivity contribution in [3.8, 4) is 0 Å². The highest BCUT2D eigenvalue weighted by atomic mass is 35.5. The van der Waals surface area contributed by atoms with E-state index >= 15 is 0 Å². The molecular weight excluding hydrogens is 606 g/mol. The molecule has 0 aromatic heterocycles. The lowest BCUT2D eigenvalue weighted by molar-refractivity contribution is -0.140. The highest BCUT2D eigenvalue weighted by molar-refractivity contribution is 7.92. The fourth-order valence-electron chi connectivity index (χ4n) is 4.94. The standard InChI is InChI=1S/C36H40ClN3O4S/c1-4-5-22-38-36(42)34(23-29-12-8-6-9-13-29)39(25-30-14-10-7-11-15-30)35(41)26-40(31-19-18-28(3)33(37)24-31)45(43,44)32-20-16-27(2)17-21-32/h6-21,24,34H,4-5,22-23,25-26H2,1-3H3,(H,38,42). The molecule has 45 heavy (non-hydrogen) atoms. The van der Waals surface area contributed by atoms with Crippen molar-refractivity contribution in [1.82, 2.24) is 10.2 Å². The molecule has 1 unspecified atom stereocenters. The first-order chi connectivity index (χ1) is 21.6. The Hall–Kier alpha value is -4.14. The molecule has 0 aliphatic rings. The summed E-state index contributed by atoms with van der Waals surface area (Å²) in [6.45, 7) is 5.80. The summed E-state index contributed by atoms with van der Waals surface area (Å²) in [7, 11) is -4.20. The molecule has 236 valence electrons. The Labute approximate surface area is 271 Å². The van der Waals surface area contributed by atoms with Gasteiger partial charge < -0.3 is 10.2 Å². The smallest absolute Gasteiger partial charge is 0.264 e. The van der Waals surface area contributed by atoms with Crippen molar-refractivity contribution < 1.29 is 18.0 Å². The van der Waals surface area contributed by atoms with Crippen molar-refractivity contribution >= 4 is 39.1 Å². The Kier molecular flexibility index (Phi) is 11.8. The molecule has 0 radical (unpaired) electrons. The SMILES string of the molecule is CCCCNC(=O)C(Cc1ccccc1)N(Cc1ccccc1)C(=O)CN(c1ccc(C)c(Cl)c1)S(=O)(=O)c1ccc(C)cc1. The van der Waals surface area contributed by atoms with Crippen molar-refractivity contribution in [3.63, 3.8) is 0 Å². The van der Waals surface area contributed by atoms with Crippen LogP contribution in [-0.4, -0.2) is 44.3 Å². The van der Waals surface area contributed by atoms with E-state index in [1.54, 1.807) is 30.3 Å². The number of nitrogens with one attached hydrogen (secondary N) is 1. The molecule has 0 bridgehead atoms. The molecular formula is C36H40ClN3O4S. The summed E-state index contributed by atoms with van der Waals surface area (Å²) in [6, 6.07) is 29.4. The van der Waals surface area contributed by atoms with E-state index in [2.05, 4.69) is 5.32 Å². The van der Waals surface area contributed by atoms with Crippen LogP contribution in [-0.2, 0) is 32.6 Å². The zero-order valence-electron chi connectivity index (χ0n) is 25.9. The quantitative estimate of drug-likeness (QED) is 0.155. The third-order valence-corrected chi connectivity index (χ3v) is 9.82. The number of sulfonamides is 1. The van der Waals surface area contributed by atoms with Gasteiger partial charge in [-0.2, -0.15) is 0 Å². The van der Waals surface area contributed by atoms with Crippen molar-refractivity contribution in [1.29, 1.82) is 0 Å². The van der Waals surface area contributed by atoms with Crippen molar-refractivity contribution in [2.24, 2.45) is 0 Å². The van der Waals surface area contributed by atoms with Gasteiger partial charge in [-0.05, 0) is 61.2 Å². The number of hydrogen-bond donors (Lipinski definition) is 1. The molecule has 4 rings (SSSR count). The molecule has 0 saturated carbocycles. The van der Waals surface area contributed by atoms with Crippen LogP contribution >= 0.6 is 11.6 Å². The van der Waals surface area contributed by atoms with Gasteiger partial charge >= 0.3 is 0 Å². The summed E-state index contributed by atoms with van der Waals surface area (Å²) < 4.78 is 29.4. The predicted molar refractivity (Wildman–Crippen MR) is 181 cm³/mol. The molecule has 0 spiro atoms. The van der Waals surface area contributed by atoms with Crippen LogP contribution in [0.2, 0.25) is 5.02 Å². The second-order valence-electron chi connectivity index (χ2n) is 11.1. The van der Waals surface area contributed by atoms with Gasteiger partial charge in [-0.3, -0.25) is 13.9 Å². The first-order valence-electron chi connectivity index (χ1n) is 15.1. The number of rotatable bonds is 14.